The van der Waals surface area contributed by atoms with E-state index in [2.05, 4.69) is 5.32 Å². The molecular formula is C10H13NO2S. The van der Waals surface area contributed by atoms with E-state index in [-0.39, 0.29) is 12.5 Å². The highest BCUT2D eigenvalue weighted by atomic mass is 32.1. The van der Waals surface area contributed by atoms with Gasteiger partial charge in [0.1, 0.15) is 0 Å². The Bertz CT molecular complexity index is 317. The SMILES string of the molecule is O=C(NCc1cccs1)C1(CO)CC1. The van der Waals surface area contributed by atoms with Crippen molar-refractivity contribution < 1.29 is 9.90 Å². The second kappa shape index (κ2) is 3.71. The molecule has 1 heterocycles. The maximum Gasteiger partial charge on any atom is 0.228 e. The fourth-order valence-corrected chi connectivity index (χ4v) is 2.02. The Morgan fingerprint density at radius 3 is 2.93 bits per heavy atom. The quantitative estimate of drug-likeness (QED) is 0.784. The molecule has 1 aromatic heterocycles. The Morgan fingerprint density at radius 2 is 2.43 bits per heavy atom. The van der Waals surface area contributed by atoms with Crippen LogP contribution in [0.4, 0.5) is 0 Å². The summed E-state index contributed by atoms with van der Waals surface area (Å²) >= 11 is 1.63. The number of amides is 1. The van der Waals surface area contributed by atoms with Gasteiger partial charge in [0.05, 0.1) is 18.6 Å². The minimum absolute atomic E-state index is 0.00611. The summed E-state index contributed by atoms with van der Waals surface area (Å²) in [6.07, 6.45) is 1.64. The number of carbonyl (C=O) groups excluding carboxylic acids is 1. The molecule has 1 aliphatic carbocycles. The van der Waals surface area contributed by atoms with Crippen molar-refractivity contribution in [2.45, 2.75) is 19.4 Å². The normalized spacial score (nSPS) is 17.8. The van der Waals surface area contributed by atoms with Crippen LogP contribution in [-0.4, -0.2) is 17.6 Å². The molecule has 1 aromatic rings. The van der Waals surface area contributed by atoms with E-state index in [1.165, 1.54) is 0 Å². The molecule has 3 nitrogen and oxygen atoms in total. The van der Waals surface area contributed by atoms with Crippen LogP contribution in [0.1, 0.15) is 17.7 Å². The van der Waals surface area contributed by atoms with Crippen LogP contribution in [0.5, 0.6) is 0 Å². The number of rotatable bonds is 4. The molecule has 76 valence electrons. The minimum atomic E-state index is -0.447. The Kier molecular flexibility index (Phi) is 2.56. The first-order valence-corrected chi connectivity index (χ1v) is 5.56. The largest absolute Gasteiger partial charge is 0.395 e. The lowest BCUT2D eigenvalue weighted by atomic mass is 10.1. The van der Waals surface area contributed by atoms with E-state index in [1.807, 2.05) is 17.5 Å². The van der Waals surface area contributed by atoms with E-state index in [4.69, 9.17) is 5.11 Å². The van der Waals surface area contributed by atoms with Gasteiger partial charge < -0.3 is 10.4 Å². The predicted molar refractivity (Wildman–Crippen MR) is 54.9 cm³/mol. The van der Waals surface area contributed by atoms with Crippen molar-refractivity contribution in [3.63, 3.8) is 0 Å². The molecule has 14 heavy (non-hydrogen) atoms. The minimum Gasteiger partial charge on any atom is -0.395 e. The van der Waals surface area contributed by atoms with Crippen molar-refractivity contribution in [1.82, 2.24) is 5.32 Å². The van der Waals surface area contributed by atoms with Crippen LogP contribution < -0.4 is 5.32 Å². The Morgan fingerprint density at radius 1 is 1.64 bits per heavy atom. The number of hydrogen-bond acceptors (Lipinski definition) is 3. The van der Waals surface area contributed by atoms with E-state index in [1.54, 1.807) is 11.3 Å². The van der Waals surface area contributed by atoms with Crippen molar-refractivity contribution in [2.75, 3.05) is 6.61 Å². The second-order valence-electron chi connectivity index (χ2n) is 3.70. The average molecular weight is 211 g/mol. The summed E-state index contributed by atoms with van der Waals surface area (Å²) in [5.74, 6) is -0.00611. The lowest BCUT2D eigenvalue weighted by molar-refractivity contribution is -0.127. The van der Waals surface area contributed by atoms with Crippen LogP contribution in [0.15, 0.2) is 17.5 Å². The van der Waals surface area contributed by atoms with Crippen molar-refractivity contribution in [1.29, 1.82) is 0 Å². The van der Waals surface area contributed by atoms with E-state index in [0.717, 1.165) is 17.7 Å². The molecule has 1 aliphatic rings. The van der Waals surface area contributed by atoms with E-state index >= 15 is 0 Å². The van der Waals surface area contributed by atoms with Gasteiger partial charge in [-0.15, -0.1) is 11.3 Å². The fraction of sp³-hybridized carbons (Fsp3) is 0.500. The molecule has 0 aliphatic heterocycles. The van der Waals surface area contributed by atoms with Crippen LogP contribution in [0, 0.1) is 5.41 Å². The van der Waals surface area contributed by atoms with Gasteiger partial charge in [-0.3, -0.25) is 4.79 Å². The standard InChI is InChI=1S/C10H13NO2S/c12-7-10(3-4-10)9(13)11-6-8-2-1-5-14-8/h1-2,5,12H,3-4,6-7H2,(H,11,13). The second-order valence-corrected chi connectivity index (χ2v) is 4.73. The molecule has 0 bridgehead atoms. The summed E-state index contributed by atoms with van der Waals surface area (Å²) in [5, 5.41) is 13.9. The maximum absolute atomic E-state index is 11.6. The van der Waals surface area contributed by atoms with Crippen molar-refractivity contribution in [3.05, 3.63) is 22.4 Å². The van der Waals surface area contributed by atoms with Crippen molar-refractivity contribution >= 4 is 17.2 Å². The Labute approximate surface area is 86.8 Å². The molecule has 0 radical (unpaired) electrons. The maximum atomic E-state index is 11.6. The number of aliphatic hydroxyl groups excluding tert-OH is 1. The van der Waals surface area contributed by atoms with Gasteiger partial charge in [0.15, 0.2) is 0 Å². The molecule has 2 rings (SSSR count). The van der Waals surface area contributed by atoms with E-state index in [0.29, 0.717) is 6.54 Å². The monoisotopic (exact) mass is 211 g/mol. The van der Waals surface area contributed by atoms with Crippen LogP contribution in [0.25, 0.3) is 0 Å². The number of nitrogens with one attached hydrogen (secondary N) is 1. The zero-order valence-electron chi connectivity index (χ0n) is 7.82. The van der Waals surface area contributed by atoms with Crippen LogP contribution in [-0.2, 0) is 11.3 Å². The van der Waals surface area contributed by atoms with E-state index < -0.39 is 5.41 Å². The van der Waals surface area contributed by atoms with Gasteiger partial charge >= 0.3 is 0 Å². The van der Waals surface area contributed by atoms with Crippen molar-refractivity contribution in [3.8, 4) is 0 Å². The van der Waals surface area contributed by atoms with Gasteiger partial charge in [-0.2, -0.15) is 0 Å². The molecule has 1 saturated carbocycles. The summed E-state index contributed by atoms with van der Waals surface area (Å²) in [6, 6.07) is 3.95. The third-order valence-electron chi connectivity index (χ3n) is 2.64. The van der Waals surface area contributed by atoms with Gasteiger partial charge in [-0.1, -0.05) is 6.07 Å². The van der Waals surface area contributed by atoms with Gasteiger partial charge in [0, 0.05) is 4.88 Å². The van der Waals surface area contributed by atoms with E-state index in [9.17, 15) is 4.79 Å². The lowest BCUT2D eigenvalue weighted by Gasteiger charge is -2.11. The summed E-state index contributed by atoms with van der Waals surface area (Å²) in [4.78, 5) is 12.7. The molecule has 1 fully saturated rings. The molecule has 4 heteroatoms. The highest BCUT2D eigenvalue weighted by Gasteiger charge is 2.49. The van der Waals surface area contributed by atoms with Crippen LogP contribution in [0.3, 0.4) is 0 Å². The third kappa shape index (κ3) is 1.81. The molecule has 0 unspecified atom stereocenters. The molecule has 0 saturated heterocycles. The molecule has 0 spiro atoms. The molecule has 0 atom stereocenters. The van der Waals surface area contributed by atoms with Gasteiger partial charge in [-0.05, 0) is 24.3 Å². The smallest absolute Gasteiger partial charge is 0.228 e. The van der Waals surface area contributed by atoms with Gasteiger partial charge in [-0.25, -0.2) is 0 Å². The molecule has 2 N–H and O–H groups in total. The highest BCUT2D eigenvalue weighted by Crippen LogP contribution is 2.45. The summed E-state index contributed by atoms with van der Waals surface area (Å²) < 4.78 is 0. The molecular weight excluding hydrogens is 198 g/mol. The van der Waals surface area contributed by atoms with Gasteiger partial charge in [0.2, 0.25) is 5.91 Å². The van der Waals surface area contributed by atoms with Crippen LogP contribution >= 0.6 is 11.3 Å². The highest BCUT2D eigenvalue weighted by molar-refractivity contribution is 7.09. The average Bonchev–Trinajstić information content (AvgIpc) is 2.84. The number of aliphatic hydroxyl groups is 1. The predicted octanol–water partition coefficient (Wildman–Crippen LogP) is 1.14. The lowest BCUT2D eigenvalue weighted by Crippen LogP contribution is -2.33. The Balaban J connectivity index is 1.84. The summed E-state index contributed by atoms with van der Waals surface area (Å²) in [6.45, 7) is 0.557. The third-order valence-corrected chi connectivity index (χ3v) is 3.52. The first-order chi connectivity index (χ1) is 6.77. The number of thiophene rings is 1. The molecule has 1 amide bonds. The first kappa shape index (κ1) is 9.68. The summed E-state index contributed by atoms with van der Waals surface area (Å²) in [7, 11) is 0. The zero-order chi connectivity index (χ0) is 10.0. The fourth-order valence-electron chi connectivity index (χ4n) is 1.38. The topological polar surface area (TPSA) is 49.3 Å². The van der Waals surface area contributed by atoms with Crippen molar-refractivity contribution in [2.24, 2.45) is 5.41 Å². The Hall–Kier alpha value is -0.870. The first-order valence-electron chi connectivity index (χ1n) is 4.68. The summed E-state index contributed by atoms with van der Waals surface area (Å²) in [5.41, 5.74) is -0.447. The number of hydrogen-bond donors (Lipinski definition) is 2. The number of carbonyl (C=O) groups is 1. The van der Waals surface area contributed by atoms with Gasteiger partial charge in [0.25, 0.3) is 0 Å². The zero-order valence-corrected chi connectivity index (χ0v) is 8.64. The van der Waals surface area contributed by atoms with Crippen LogP contribution in [0.2, 0.25) is 0 Å². The molecule has 0 aromatic carbocycles.